The van der Waals surface area contributed by atoms with E-state index in [1.807, 2.05) is 4.68 Å². The van der Waals surface area contributed by atoms with E-state index in [-0.39, 0.29) is 5.38 Å². The quantitative estimate of drug-likeness (QED) is 0.689. The molecule has 1 aromatic heterocycles. The molecule has 2 atom stereocenters. The SMILES string of the molecule is CCC(C)n1ccc(CCC(Cl)C(C)C)n1. The Hall–Kier alpha value is -0.500. The zero-order chi connectivity index (χ0) is 12.1. The predicted octanol–water partition coefficient (Wildman–Crippen LogP) is 4.05. The lowest BCUT2D eigenvalue weighted by molar-refractivity contribution is 0.471. The molecule has 0 radical (unpaired) electrons. The van der Waals surface area contributed by atoms with Gasteiger partial charge in [-0.15, -0.1) is 11.6 Å². The third kappa shape index (κ3) is 3.82. The molecule has 0 aromatic carbocycles. The molecule has 2 nitrogen and oxygen atoms in total. The van der Waals surface area contributed by atoms with Gasteiger partial charge >= 0.3 is 0 Å². The molecule has 0 aliphatic heterocycles. The summed E-state index contributed by atoms with van der Waals surface area (Å²) >= 11 is 6.23. The highest BCUT2D eigenvalue weighted by Gasteiger charge is 2.11. The van der Waals surface area contributed by atoms with E-state index in [4.69, 9.17) is 11.6 Å². The summed E-state index contributed by atoms with van der Waals surface area (Å²) in [5.74, 6) is 0.540. The fraction of sp³-hybridized carbons (Fsp3) is 0.769. The van der Waals surface area contributed by atoms with Crippen LogP contribution in [0.25, 0.3) is 0 Å². The molecule has 1 rings (SSSR count). The Morgan fingerprint density at radius 2 is 2.06 bits per heavy atom. The minimum Gasteiger partial charge on any atom is -0.270 e. The van der Waals surface area contributed by atoms with Gasteiger partial charge in [0.2, 0.25) is 0 Å². The maximum absolute atomic E-state index is 6.23. The summed E-state index contributed by atoms with van der Waals surface area (Å²) in [6.07, 6.45) is 5.18. The molecule has 0 aliphatic carbocycles. The molecule has 92 valence electrons. The summed E-state index contributed by atoms with van der Waals surface area (Å²) in [4.78, 5) is 0. The highest BCUT2D eigenvalue weighted by Crippen LogP contribution is 2.17. The van der Waals surface area contributed by atoms with Crippen molar-refractivity contribution in [3.05, 3.63) is 18.0 Å². The van der Waals surface area contributed by atoms with Gasteiger partial charge in [-0.2, -0.15) is 5.10 Å². The van der Waals surface area contributed by atoms with Crippen LogP contribution in [0, 0.1) is 5.92 Å². The third-order valence-corrected chi connectivity index (χ3v) is 3.83. The van der Waals surface area contributed by atoms with Crippen LogP contribution in [0.3, 0.4) is 0 Å². The van der Waals surface area contributed by atoms with Crippen LogP contribution in [-0.4, -0.2) is 15.2 Å². The van der Waals surface area contributed by atoms with E-state index >= 15 is 0 Å². The Kier molecular flexibility index (Phi) is 5.33. The van der Waals surface area contributed by atoms with Crippen LogP contribution in [0.15, 0.2) is 12.3 Å². The number of hydrogen-bond acceptors (Lipinski definition) is 1. The van der Waals surface area contributed by atoms with Gasteiger partial charge in [-0.05, 0) is 38.2 Å². The first kappa shape index (κ1) is 13.6. The zero-order valence-electron chi connectivity index (χ0n) is 10.8. The van der Waals surface area contributed by atoms with Gasteiger partial charge in [-0.1, -0.05) is 20.8 Å². The van der Waals surface area contributed by atoms with Crippen molar-refractivity contribution in [2.45, 2.75) is 58.4 Å². The molecule has 16 heavy (non-hydrogen) atoms. The number of hydrogen-bond donors (Lipinski definition) is 0. The summed E-state index contributed by atoms with van der Waals surface area (Å²) < 4.78 is 2.05. The van der Waals surface area contributed by atoms with Crippen LogP contribution in [0.4, 0.5) is 0 Å². The van der Waals surface area contributed by atoms with Gasteiger partial charge in [0.15, 0.2) is 0 Å². The lowest BCUT2D eigenvalue weighted by Crippen LogP contribution is -2.09. The predicted molar refractivity (Wildman–Crippen MR) is 70.0 cm³/mol. The molecule has 1 heterocycles. The maximum Gasteiger partial charge on any atom is 0.0625 e. The van der Waals surface area contributed by atoms with Crippen LogP contribution in [0.1, 0.15) is 52.3 Å². The summed E-state index contributed by atoms with van der Waals surface area (Å²) in [6.45, 7) is 8.69. The van der Waals surface area contributed by atoms with E-state index in [2.05, 4.69) is 45.1 Å². The lowest BCUT2D eigenvalue weighted by Gasteiger charge is -2.12. The minimum absolute atomic E-state index is 0.258. The van der Waals surface area contributed by atoms with Crippen molar-refractivity contribution >= 4 is 11.6 Å². The van der Waals surface area contributed by atoms with Gasteiger partial charge in [-0.25, -0.2) is 0 Å². The summed E-state index contributed by atoms with van der Waals surface area (Å²) in [5.41, 5.74) is 1.16. The van der Waals surface area contributed by atoms with Crippen molar-refractivity contribution in [2.24, 2.45) is 5.92 Å². The molecule has 0 amide bonds. The van der Waals surface area contributed by atoms with Gasteiger partial charge in [-0.3, -0.25) is 4.68 Å². The second kappa shape index (κ2) is 6.29. The average Bonchev–Trinajstić information content (AvgIpc) is 2.73. The number of rotatable bonds is 6. The van der Waals surface area contributed by atoms with Gasteiger partial charge < -0.3 is 0 Å². The van der Waals surface area contributed by atoms with Crippen molar-refractivity contribution in [2.75, 3.05) is 0 Å². The Balaban J connectivity index is 2.46. The molecule has 1 aromatic rings. The topological polar surface area (TPSA) is 17.8 Å². The first-order chi connectivity index (χ1) is 7.54. The lowest BCUT2D eigenvalue weighted by atomic mass is 10.0. The number of halogens is 1. The Labute approximate surface area is 104 Å². The summed E-state index contributed by atoms with van der Waals surface area (Å²) in [6, 6.07) is 2.60. The minimum atomic E-state index is 0.258. The first-order valence-corrected chi connectivity index (χ1v) is 6.66. The fourth-order valence-electron chi connectivity index (χ4n) is 1.56. The van der Waals surface area contributed by atoms with Crippen LogP contribution < -0.4 is 0 Å². The molecule has 0 bridgehead atoms. The van der Waals surface area contributed by atoms with Crippen molar-refractivity contribution in [3.63, 3.8) is 0 Å². The van der Waals surface area contributed by atoms with E-state index in [1.165, 1.54) is 0 Å². The Morgan fingerprint density at radius 1 is 1.38 bits per heavy atom. The van der Waals surface area contributed by atoms with Gasteiger partial charge in [0.05, 0.1) is 5.69 Å². The second-order valence-corrected chi connectivity index (χ2v) is 5.40. The van der Waals surface area contributed by atoms with E-state index in [1.54, 1.807) is 0 Å². The number of aryl methyl sites for hydroxylation is 1. The first-order valence-electron chi connectivity index (χ1n) is 6.22. The molecule has 2 unspecified atom stereocenters. The average molecular weight is 243 g/mol. The van der Waals surface area contributed by atoms with E-state index < -0.39 is 0 Å². The monoisotopic (exact) mass is 242 g/mol. The molecule has 0 aliphatic rings. The molecule has 0 saturated carbocycles. The number of nitrogens with zero attached hydrogens (tertiary/aromatic N) is 2. The molecule has 0 N–H and O–H groups in total. The maximum atomic E-state index is 6.23. The van der Waals surface area contributed by atoms with E-state index in [0.717, 1.165) is 25.0 Å². The second-order valence-electron chi connectivity index (χ2n) is 4.84. The molecule has 0 fully saturated rings. The summed E-state index contributed by atoms with van der Waals surface area (Å²) in [7, 11) is 0. The zero-order valence-corrected chi connectivity index (χ0v) is 11.5. The van der Waals surface area contributed by atoms with Crippen molar-refractivity contribution in [1.82, 2.24) is 9.78 Å². The van der Waals surface area contributed by atoms with Crippen LogP contribution in [-0.2, 0) is 6.42 Å². The summed E-state index contributed by atoms with van der Waals surface area (Å²) in [5, 5.41) is 4.83. The molecule has 0 saturated heterocycles. The number of aromatic nitrogens is 2. The van der Waals surface area contributed by atoms with Crippen molar-refractivity contribution in [3.8, 4) is 0 Å². The smallest absolute Gasteiger partial charge is 0.0625 e. The molecule has 3 heteroatoms. The Morgan fingerprint density at radius 3 is 2.62 bits per heavy atom. The van der Waals surface area contributed by atoms with Crippen molar-refractivity contribution in [1.29, 1.82) is 0 Å². The van der Waals surface area contributed by atoms with Gasteiger partial charge in [0.25, 0.3) is 0 Å². The highest BCUT2D eigenvalue weighted by atomic mass is 35.5. The third-order valence-electron chi connectivity index (χ3n) is 3.11. The molecule has 0 spiro atoms. The number of alkyl halides is 1. The van der Waals surface area contributed by atoms with Gasteiger partial charge in [0, 0.05) is 17.6 Å². The van der Waals surface area contributed by atoms with Crippen LogP contribution in [0.2, 0.25) is 0 Å². The Bertz CT molecular complexity index is 307. The largest absolute Gasteiger partial charge is 0.270 e. The van der Waals surface area contributed by atoms with E-state index in [9.17, 15) is 0 Å². The molecular weight excluding hydrogens is 220 g/mol. The normalized spacial score (nSPS) is 15.4. The van der Waals surface area contributed by atoms with Crippen LogP contribution >= 0.6 is 11.6 Å². The fourth-order valence-corrected chi connectivity index (χ4v) is 1.67. The van der Waals surface area contributed by atoms with Crippen molar-refractivity contribution < 1.29 is 0 Å². The standard InChI is InChI=1S/C13H23ClN2/c1-5-11(4)16-9-8-12(15-16)6-7-13(14)10(2)3/h8-11,13H,5-7H2,1-4H3. The van der Waals surface area contributed by atoms with Gasteiger partial charge in [0.1, 0.15) is 0 Å². The molecular formula is C13H23ClN2. The van der Waals surface area contributed by atoms with Crippen LogP contribution in [0.5, 0.6) is 0 Å². The van der Waals surface area contributed by atoms with E-state index in [0.29, 0.717) is 12.0 Å². The highest BCUT2D eigenvalue weighted by molar-refractivity contribution is 6.20.